The molecule has 0 atom stereocenters. The van der Waals surface area contributed by atoms with E-state index in [1.807, 2.05) is 72.9 Å². The van der Waals surface area contributed by atoms with Crippen LogP contribution in [-0.4, -0.2) is 15.6 Å². The fourth-order valence-corrected chi connectivity index (χ4v) is 3.11. The molecule has 0 aliphatic carbocycles. The SMILES string of the molecule is O=C(c1ccccc1)n1cc(Cc2ccc(O)cc2)c2ccccc21. The summed E-state index contributed by atoms with van der Waals surface area (Å²) < 4.78 is 1.72. The Labute approximate surface area is 145 Å². The van der Waals surface area contributed by atoms with Crippen molar-refractivity contribution in [2.75, 3.05) is 0 Å². The highest BCUT2D eigenvalue weighted by Crippen LogP contribution is 2.25. The number of para-hydroxylation sites is 1. The summed E-state index contributed by atoms with van der Waals surface area (Å²) in [6, 6.07) is 24.4. The van der Waals surface area contributed by atoms with E-state index in [-0.39, 0.29) is 11.7 Å². The van der Waals surface area contributed by atoms with Crippen LogP contribution in [-0.2, 0) is 6.42 Å². The van der Waals surface area contributed by atoms with E-state index in [0.717, 1.165) is 22.0 Å². The van der Waals surface area contributed by atoms with Crippen LogP contribution < -0.4 is 0 Å². The monoisotopic (exact) mass is 327 g/mol. The lowest BCUT2D eigenvalue weighted by Gasteiger charge is -2.03. The number of aromatic nitrogens is 1. The van der Waals surface area contributed by atoms with Gasteiger partial charge in [-0.05, 0) is 47.9 Å². The Bertz CT molecular complexity index is 1030. The largest absolute Gasteiger partial charge is 0.508 e. The van der Waals surface area contributed by atoms with Gasteiger partial charge in [-0.15, -0.1) is 0 Å². The molecule has 0 spiro atoms. The minimum Gasteiger partial charge on any atom is -0.508 e. The Kier molecular flexibility index (Phi) is 3.82. The second-order valence-electron chi connectivity index (χ2n) is 6.06. The minimum absolute atomic E-state index is 0.0336. The summed E-state index contributed by atoms with van der Waals surface area (Å²) in [5, 5.41) is 10.5. The molecule has 1 N–H and O–H groups in total. The van der Waals surface area contributed by atoms with E-state index in [4.69, 9.17) is 0 Å². The first-order valence-electron chi connectivity index (χ1n) is 8.19. The van der Waals surface area contributed by atoms with Gasteiger partial charge in [0.15, 0.2) is 0 Å². The Morgan fingerprint density at radius 3 is 2.28 bits per heavy atom. The molecule has 25 heavy (non-hydrogen) atoms. The third kappa shape index (κ3) is 2.92. The lowest BCUT2D eigenvalue weighted by atomic mass is 10.0. The number of aromatic hydroxyl groups is 1. The van der Waals surface area contributed by atoms with Crippen molar-refractivity contribution in [1.29, 1.82) is 0 Å². The highest BCUT2D eigenvalue weighted by atomic mass is 16.3. The normalized spacial score (nSPS) is 10.9. The van der Waals surface area contributed by atoms with Gasteiger partial charge in [0.25, 0.3) is 5.91 Å². The van der Waals surface area contributed by atoms with Crippen molar-refractivity contribution < 1.29 is 9.90 Å². The molecule has 0 unspecified atom stereocenters. The molecule has 0 saturated heterocycles. The van der Waals surface area contributed by atoms with Crippen LogP contribution in [0.1, 0.15) is 21.5 Å². The molecule has 4 rings (SSSR count). The number of phenols is 1. The molecule has 3 aromatic carbocycles. The van der Waals surface area contributed by atoms with E-state index in [1.54, 1.807) is 16.7 Å². The molecule has 122 valence electrons. The number of hydrogen-bond donors (Lipinski definition) is 1. The van der Waals surface area contributed by atoms with Crippen LogP contribution in [0.2, 0.25) is 0 Å². The number of fused-ring (bicyclic) bond motifs is 1. The van der Waals surface area contributed by atoms with Crippen LogP contribution in [0.5, 0.6) is 5.75 Å². The minimum atomic E-state index is -0.0336. The Morgan fingerprint density at radius 1 is 0.840 bits per heavy atom. The van der Waals surface area contributed by atoms with E-state index in [0.29, 0.717) is 12.0 Å². The molecule has 1 aromatic heterocycles. The summed E-state index contributed by atoms with van der Waals surface area (Å²) in [4.78, 5) is 12.9. The average Bonchev–Trinajstić information content (AvgIpc) is 3.02. The summed E-state index contributed by atoms with van der Waals surface area (Å²) in [6.07, 6.45) is 2.63. The Hall–Kier alpha value is -3.33. The first-order chi connectivity index (χ1) is 12.2. The fourth-order valence-electron chi connectivity index (χ4n) is 3.11. The van der Waals surface area contributed by atoms with Gasteiger partial charge in [0, 0.05) is 17.1 Å². The number of carbonyl (C=O) groups is 1. The van der Waals surface area contributed by atoms with Gasteiger partial charge in [-0.3, -0.25) is 9.36 Å². The van der Waals surface area contributed by atoms with E-state index < -0.39 is 0 Å². The third-order valence-corrected chi connectivity index (χ3v) is 4.36. The van der Waals surface area contributed by atoms with Crippen molar-refractivity contribution in [3.8, 4) is 5.75 Å². The quantitative estimate of drug-likeness (QED) is 0.596. The average molecular weight is 327 g/mol. The molecule has 3 nitrogen and oxygen atoms in total. The summed E-state index contributed by atoms with van der Waals surface area (Å²) in [7, 11) is 0. The zero-order chi connectivity index (χ0) is 17.2. The maximum absolute atomic E-state index is 12.9. The zero-order valence-corrected chi connectivity index (χ0v) is 13.6. The summed E-state index contributed by atoms with van der Waals surface area (Å²) in [5.74, 6) is 0.221. The van der Waals surface area contributed by atoms with E-state index in [9.17, 15) is 9.90 Å². The summed E-state index contributed by atoms with van der Waals surface area (Å²) >= 11 is 0. The number of hydrogen-bond acceptors (Lipinski definition) is 2. The van der Waals surface area contributed by atoms with Crippen LogP contribution in [0.3, 0.4) is 0 Å². The zero-order valence-electron chi connectivity index (χ0n) is 13.6. The predicted molar refractivity (Wildman–Crippen MR) is 99.0 cm³/mol. The van der Waals surface area contributed by atoms with Crippen molar-refractivity contribution in [3.05, 3.63) is 102 Å². The molecular formula is C22H17NO2. The van der Waals surface area contributed by atoms with Crippen molar-refractivity contribution in [2.24, 2.45) is 0 Å². The molecule has 0 saturated carbocycles. The van der Waals surface area contributed by atoms with Gasteiger partial charge >= 0.3 is 0 Å². The van der Waals surface area contributed by atoms with E-state index in [2.05, 4.69) is 0 Å². The predicted octanol–water partition coefficient (Wildman–Crippen LogP) is 4.63. The van der Waals surface area contributed by atoms with Crippen LogP contribution >= 0.6 is 0 Å². The van der Waals surface area contributed by atoms with Crippen LogP contribution in [0.25, 0.3) is 10.9 Å². The number of phenolic OH excluding ortho intramolecular Hbond substituents is 1. The summed E-state index contributed by atoms with van der Waals surface area (Å²) in [6.45, 7) is 0. The summed E-state index contributed by atoms with van der Waals surface area (Å²) in [5.41, 5.74) is 3.75. The lowest BCUT2D eigenvalue weighted by Crippen LogP contribution is -2.10. The molecule has 3 heteroatoms. The van der Waals surface area contributed by atoms with Gasteiger partial charge in [0.1, 0.15) is 5.75 Å². The molecule has 1 heterocycles. The van der Waals surface area contributed by atoms with Gasteiger partial charge in [-0.1, -0.05) is 48.5 Å². The van der Waals surface area contributed by atoms with Gasteiger partial charge in [0.2, 0.25) is 0 Å². The van der Waals surface area contributed by atoms with Crippen molar-refractivity contribution in [2.45, 2.75) is 6.42 Å². The highest BCUT2D eigenvalue weighted by Gasteiger charge is 2.15. The Morgan fingerprint density at radius 2 is 1.52 bits per heavy atom. The highest BCUT2D eigenvalue weighted by molar-refractivity contribution is 6.03. The second-order valence-corrected chi connectivity index (χ2v) is 6.06. The standard InChI is InChI=1S/C22H17NO2/c24-19-12-10-16(11-13-19)14-18-15-23(21-9-5-4-8-20(18)21)22(25)17-6-2-1-3-7-17/h1-13,15,24H,14H2. The number of nitrogens with zero attached hydrogens (tertiary/aromatic N) is 1. The van der Waals surface area contributed by atoms with Gasteiger partial charge in [-0.2, -0.15) is 0 Å². The smallest absolute Gasteiger partial charge is 0.262 e. The molecule has 0 aliphatic rings. The topological polar surface area (TPSA) is 42.2 Å². The van der Waals surface area contributed by atoms with Crippen LogP contribution in [0, 0.1) is 0 Å². The number of benzene rings is 3. The molecule has 0 amide bonds. The van der Waals surface area contributed by atoms with Crippen LogP contribution in [0.4, 0.5) is 0 Å². The first-order valence-corrected chi connectivity index (χ1v) is 8.19. The van der Waals surface area contributed by atoms with Crippen molar-refractivity contribution >= 4 is 16.8 Å². The maximum Gasteiger partial charge on any atom is 0.262 e. The van der Waals surface area contributed by atoms with Crippen molar-refractivity contribution in [3.63, 3.8) is 0 Å². The van der Waals surface area contributed by atoms with Gasteiger partial charge in [-0.25, -0.2) is 0 Å². The van der Waals surface area contributed by atoms with Crippen LogP contribution in [0.15, 0.2) is 85.1 Å². The lowest BCUT2D eigenvalue weighted by molar-refractivity contribution is 0.0965. The number of rotatable bonds is 3. The third-order valence-electron chi connectivity index (χ3n) is 4.36. The Balaban J connectivity index is 1.79. The fraction of sp³-hybridized carbons (Fsp3) is 0.0455. The molecule has 4 aromatic rings. The van der Waals surface area contributed by atoms with Gasteiger partial charge < -0.3 is 5.11 Å². The molecule has 0 radical (unpaired) electrons. The maximum atomic E-state index is 12.9. The van der Waals surface area contributed by atoms with Gasteiger partial charge in [0.05, 0.1) is 5.52 Å². The second kappa shape index (κ2) is 6.29. The first kappa shape index (κ1) is 15.2. The molecule has 0 aliphatic heterocycles. The number of carbonyl (C=O) groups excluding carboxylic acids is 1. The molecule has 0 fully saturated rings. The molecular weight excluding hydrogens is 310 g/mol. The van der Waals surface area contributed by atoms with E-state index in [1.165, 1.54) is 0 Å². The molecule has 0 bridgehead atoms. The van der Waals surface area contributed by atoms with Crippen molar-refractivity contribution in [1.82, 2.24) is 4.57 Å². The van der Waals surface area contributed by atoms with E-state index >= 15 is 0 Å².